The average Bonchev–Trinajstić information content (AvgIpc) is 1.37. The molecule has 3 N–H and O–H groups in total. The monoisotopic (exact) mass is 115 g/mol. The van der Waals surface area contributed by atoms with Crippen molar-refractivity contribution in [3.63, 3.8) is 0 Å². The van der Waals surface area contributed by atoms with Crippen molar-refractivity contribution in [3.05, 3.63) is 0 Å². The second kappa shape index (κ2) is 19.0. The molecule has 0 atom stereocenters. The first kappa shape index (κ1) is 16.4. The Morgan fingerprint density at radius 3 is 1.67 bits per heavy atom. The van der Waals surface area contributed by atoms with E-state index in [1.54, 1.807) is 6.92 Å². The van der Waals surface area contributed by atoms with E-state index >= 15 is 0 Å². The van der Waals surface area contributed by atoms with E-state index < -0.39 is 0 Å². The smallest absolute Gasteiger partial charge is 0.0891 e. The van der Waals surface area contributed by atoms with Crippen LogP contribution in [0.15, 0.2) is 0 Å². The Morgan fingerprint density at radius 1 is 1.50 bits per heavy atom. The lowest BCUT2D eigenvalue weighted by Crippen LogP contribution is -1.58. The van der Waals surface area contributed by atoms with Gasteiger partial charge in [-0.1, -0.05) is 6.92 Å². The molecule has 0 radical (unpaired) electrons. The van der Waals surface area contributed by atoms with E-state index in [9.17, 15) is 4.39 Å². The first-order chi connectivity index (χ1) is 1.91. The molecule has 0 bridgehead atoms. The van der Waals surface area contributed by atoms with Crippen molar-refractivity contribution < 1.29 is 4.39 Å². The first-order valence-electron chi connectivity index (χ1n) is 1.47. The lowest BCUT2D eigenvalue weighted by atomic mass is 10.6. The molecule has 0 rings (SSSR count). The predicted molar refractivity (Wildman–Crippen MR) is 28.5 cm³/mol. The summed E-state index contributed by atoms with van der Waals surface area (Å²) in [6, 6.07) is 0. The SMILES string of the molecule is CCCF.Cl.N. The fraction of sp³-hybridized carbons (Fsp3) is 1.00. The highest BCUT2D eigenvalue weighted by Crippen LogP contribution is 1.69. The number of rotatable bonds is 1. The normalized spacial score (nSPS) is 5.00. The van der Waals surface area contributed by atoms with Crippen molar-refractivity contribution in [1.29, 1.82) is 0 Å². The summed E-state index contributed by atoms with van der Waals surface area (Å²) in [4.78, 5) is 0. The largest absolute Gasteiger partial charge is 0.344 e. The highest BCUT2D eigenvalue weighted by molar-refractivity contribution is 5.85. The minimum absolute atomic E-state index is 0. The molecule has 0 saturated heterocycles. The molecule has 0 aromatic heterocycles. The van der Waals surface area contributed by atoms with Gasteiger partial charge in [-0.05, 0) is 6.42 Å². The van der Waals surface area contributed by atoms with E-state index in [-0.39, 0.29) is 25.2 Å². The van der Waals surface area contributed by atoms with Gasteiger partial charge in [0.25, 0.3) is 0 Å². The molecular formula is C3H11ClFN. The fourth-order valence-corrected chi connectivity index (χ4v) is 0. The Bertz CT molecular complexity index is 12.8. The van der Waals surface area contributed by atoms with Gasteiger partial charge in [0.15, 0.2) is 0 Å². The molecule has 0 saturated carbocycles. The number of alkyl halides is 1. The maximum absolute atomic E-state index is 10.7. The summed E-state index contributed by atoms with van der Waals surface area (Å²) < 4.78 is 10.7. The topological polar surface area (TPSA) is 35.0 Å². The van der Waals surface area contributed by atoms with Gasteiger partial charge in [-0.3, -0.25) is 4.39 Å². The van der Waals surface area contributed by atoms with Crippen molar-refractivity contribution in [2.45, 2.75) is 13.3 Å². The van der Waals surface area contributed by atoms with Crippen molar-refractivity contribution in [1.82, 2.24) is 6.15 Å². The summed E-state index contributed by atoms with van der Waals surface area (Å²) >= 11 is 0. The molecule has 0 heterocycles. The molecule has 0 aliphatic rings. The number of hydrogen-bond donors (Lipinski definition) is 1. The van der Waals surface area contributed by atoms with Crippen LogP contribution in [0, 0.1) is 0 Å². The third-order valence-corrected chi connectivity index (χ3v) is 0.189. The predicted octanol–water partition coefficient (Wildman–Crippen LogP) is 1.95. The molecular weight excluding hydrogens is 104 g/mol. The van der Waals surface area contributed by atoms with Crippen LogP contribution < -0.4 is 6.15 Å². The zero-order chi connectivity index (χ0) is 3.41. The minimum atomic E-state index is -0.181. The lowest BCUT2D eigenvalue weighted by Gasteiger charge is -1.64. The van der Waals surface area contributed by atoms with E-state index in [1.807, 2.05) is 0 Å². The minimum Gasteiger partial charge on any atom is -0.344 e. The summed E-state index contributed by atoms with van der Waals surface area (Å²) in [5.41, 5.74) is 0. The Labute approximate surface area is 43.9 Å². The summed E-state index contributed by atoms with van der Waals surface area (Å²) in [5, 5.41) is 0. The van der Waals surface area contributed by atoms with E-state index in [0.717, 1.165) is 0 Å². The molecule has 0 unspecified atom stereocenters. The van der Waals surface area contributed by atoms with Crippen LogP contribution in [0.4, 0.5) is 4.39 Å². The van der Waals surface area contributed by atoms with Crippen LogP contribution in [0.3, 0.4) is 0 Å². The molecule has 6 heavy (non-hydrogen) atoms. The van der Waals surface area contributed by atoms with Crippen molar-refractivity contribution in [2.24, 2.45) is 0 Å². The van der Waals surface area contributed by atoms with Crippen molar-refractivity contribution in [3.8, 4) is 0 Å². The highest BCUT2D eigenvalue weighted by Gasteiger charge is 1.60. The molecule has 0 aromatic rings. The van der Waals surface area contributed by atoms with Crippen LogP contribution in [0.5, 0.6) is 0 Å². The number of hydrogen-bond acceptors (Lipinski definition) is 1. The van der Waals surface area contributed by atoms with E-state index in [2.05, 4.69) is 0 Å². The summed E-state index contributed by atoms with van der Waals surface area (Å²) in [7, 11) is 0. The quantitative estimate of drug-likeness (QED) is 0.557. The standard InChI is InChI=1S/C3H7F.ClH.H3N/c1-2-3-4;;/h2-3H2,1H3;1H;1H3. The Morgan fingerprint density at radius 2 is 1.67 bits per heavy atom. The zero-order valence-electron chi connectivity index (χ0n) is 3.91. The molecule has 42 valence electrons. The molecule has 0 aliphatic heterocycles. The van der Waals surface area contributed by atoms with Gasteiger partial charge in [0, 0.05) is 0 Å². The maximum Gasteiger partial charge on any atom is 0.0891 e. The molecule has 0 aliphatic carbocycles. The molecule has 0 fully saturated rings. The van der Waals surface area contributed by atoms with Crippen molar-refractivity contribution in [2.75, 3.05) is 6.67 Å². The summed E-state index contributed by atoms with van der Waals surface area (Å²) in [6.07, 6.45) is 0.653. The Hall–Kier alpha value is 0.180. The number of halogens is 2. The van der Waals surface area contributed by atoms with Gasteiger partial charge in [-0.15, -0.1) is 12.4 Å². The Kier molecular flexibility index (Phi) is 52.0. The van der Waals surface area contributed by atoms with Gasteiger partial charge in [-0.2, -0.15) is 0 Å². The second-order valence-corrected chi connectivity index (χ2v) is 0.689. The van der Waals surface area contributed by atoms with Crippen LogP contribution >= 0.6 is 12.4 Å². The van der Waals surface area contributed by atoms with Gasteiger partial charge in [-0.25, -0.2) is 0 Å². The third kappa shape index (κ3) is 30.4. The van der Waals surface area contributed by atoms with Crippen LogP contribution in [0.25, 0.3) is 0 Å². The molecule has 3 heteroatoms. The first-order valence-corrected chi connectivity index (χ1v) is 1.47. The van der Waals surface area contributed by atoms with Gasteiger partial charge >= 0.3 is 0 Å². The molecule has 0 spiro atoms. The molecule has 0 aromatic carbocycles. The summed E-state index contributed by atoms with van der Waals surface area (Å²) in [5.74, 6) is 0. The second-order valence-electron chi connectivity index (χ2n) is 0.689. The van der Waals surface area contributed by atoms with Gasteiger partial charge < -0.3 is 6.15 Å². The summed E-state index contributed by atoms with van der Waals surface area (Å²) in [6.45, 7) is 1.62. The van der Waals surface area contributed by atoms with Crippen LogP contribution in [-0.4, -0.2) is 6.67 Å². The molecule has 1 nitrogen and oxygen atoms in total. The van der Waals surface area contributed by atoms with E-state index in [4.69, 9.17) is 0 Å². The zero-order valence-corrected chi connectivity index (χ0v) is 4.72. The highest BCUT2D eigenvalue weighted by atomic mass is 35.5. The third-order valence-electron chi connectivity index (χ3n) is 0.189. The van der Waals surface area contributed by atoms with E-state index in [1.165, 1.54) is 0 Å². The van der Waals surface area contributed by atoms with Crippen LogP contribution in [-0.2, 0) is 0 Å². The molecule has 0 amide bonds. The average molecular weight is 116 g/mol. The van der Waals surface area contributed by atoms with Crippen LogP contribution in [0.2, 0.25) is 0 Å². The van der Waals surface area contributed by atoms with E-state index in [0.29, 0.717) is 6.42 Å². The Balaban J connectivity index is -0.0000000450. The maximum atomic E-state index is 10.7. The van der Waals surface area contributed by atoms with Crippen molar-refractivity contribution >= 4 is 12.4 Å². The van der Waals surface area contributed by atoms with Gasteiger partial charge in [0.05, 0.1) is 6.67 Å². The lowest BCUT2D eigenvalue weighted by molar-refractivity contribution is 0.487. The van der Waals surface area contributed by atoms with Gasteiger partial charge in [0.2, 0.25) is 0 Å². The van der Waals surface area contributed by atoms with Crippen LogP contribution in [0.1, 0.15) is 13.3 Å². The fourth-order valence-electron chi connectivity index (χ4n) is 0. The van der Waals surface area contributed by atoms with Gasteiger partial charge in [0.1, 0.15) is 0 Å².